The Morgan fingerprint density at radius 3 is 2.76 bits per heavy atom. The Bertz CT molecular complexity index is 926. The number of halogens is 2. The molecule has 1 aromatic heterocycles. The van der Waals surface area contributed by atoms with E-state index in [-0.39, 0.29) is 26.6 Å². The summed E-state index contributed by atoms with van der Waals surface area (Å²) in [5.74, 6) is -0.781. The van der Waals surface area contributed by atoms with Gasteiger partial charge in [-0.3, -0.25) is 4.72 Å². The van der Waals surface area contributed by atoms with Crippen molar-refractivity contribution in [1.29, 1.82) is 0 Å². The molecule has 108 valence electrons. The molecule has 6 nitrogen and oxygen atoms in total. The van der Waals surface area contributed by atoms with Gasteiger partial charge < -0.3 is 0 Å². The highest BCUT2D eigenvalue weighted by molar-refractivity contribution is 7.93. The van der Waals surface area contributed by atoms with Gasteiger partial charge in [0.05, 0.1) is 5.69 Å². The van der Waals surface area contributed by atoms with E-state index in [1.807, 2.05) is 0 Å². The van der Waals surface area contributed by atoms with Gasteiger partial charge in [0.25, 0.3) is 10.0 Å². The summed E-state index contributed by atoms with van der Waals surface area (Å²) < 4.78 is 45.0. The Kier molecular flexibility index (Phi) is 3.26. The molecule has 9 heteroatoms. The number of fused-ring (bicyclic) bond motifs is 1. The van der Waals surface area contributed by atoms with Crippen LogP contribution in [0.2, 0.25) is 5.02 Å². The van der Waals surface area contributed by atoms with Gasteiger partial charge in [-0.2, -0.15) is 0 Å². The molecule has 3 aromatic rings. The first-order valence-electron chi connectivity index (χ1n) is 5.66. The summed E-state index contributed by atoms with van der Waals surface area (Å²) in [7, 11) is -4.04. The maximum Gasteiger partial charge on any atom is 0.264 e. The zero-order valence-electron chi connectivity index (χ0n) is 10.2. The van der Waals surface area contributed by atoms with E-state index in [2.05, 4.69) is 19.7 Å². The molecule has 2 aromatic carbocycles. The quantitative estimate of drug-likeness (QED) is 0.799. The molecule has 0 amide bonds. The van der Waals surface area contributed by atoms with Crippen LogP contribution in [-0.2, 0) is 10.0 Å². The molecule has 0 saturated heterocycles. The van der Waals surface area contributed by atoms with Crippen molar-refractivity contribution in [3.63, 3.8) is 0 Å². The molecule has 0 atom stereocenters. The lowest BCUT2D eigenvalue weighted by atomic mass is 10.3. The van der Waals surface area contributed by atoms with E-state index < -0.39 is 15.8 Å². The molecular formula is C12H7ClFN3O3S. The largest absolute Gasteiger partial charge is 0.277 e. The van der Waals surface area contributed by atoms with Crippen LogP contribution in [0.5, 0.6) is 0 Å². The number of rotatable bonds is 3. The number of nitrogens with zero attached hydrogens (tertiary/aromatic N) is 2. The lowest BCUT2D eigenvalue weighted by Crippen LogP contribution is -2.14. The van der Waals surface area contributed by atoms with Crippen molar-refractivity contribution in [3.05, 3.63) is 47.2 Å². The van der Waals surface area contributed by atoms with Crippen molar-refractivity contribution >= 4 is 38.3 Å². The molecule has 0 saturated carbocycles. The van der Waals surface area contributed by atoms with Crippen LogP contribution in [0, 0.1) is 5.82 Å². The van der Waals surface area contributed by atoms with Crippen molar-refractivity contribution in [1.82, 2.24) is 10.3 Å². The molecule has 0 aliphatic heterocycles. The summed E-state index contributed by atoms with van der Waals surface area (Å²) in [6.07, 6.45) is 0. The maximum atomic E-state index is 13.7. The summed E-state index contributed by atoms with van der Waals surface area (Å²) in [6.45, 7) is 0. The smallest absolute Gasteiger partial charge is 0.264 e. The lowest BCUT2D eigenvalue weighted by molar-refractivity contribution is 0.315. The third kappa shape index (κ3) is 2.55. The second kappa shape index (κ2) is 4.97. The minimum atomic E-state index is -4.04. The Hall–Kier alpha value is -2.19. The first kappa shape index (κ1) is 13.8. The first-order chi connectivity index (χ1) is 9.97. The Morgan fingerprint density at radius 2 is 2.00 bits per heavy atom. The van der Waals surface area contributed by atoms with Gasteiger partial charge in [0.2, 0.25) is 0 Å². The van der Waals surface area contributed by atoms with Gasteiger partial charge in [-0.25, -0.2) is 17.4 Å². The van der Waals surface area contributed by atoms with Crippen LogP contribution >= 0.6 is 11.6 Å². The zero-order valence-corrected chi connectivity index (χ0v) is 11.8. The molecule has 0 fully saturated rings. The lowest BCUT2D eigenvalue weighted by Gasteiger charge is -2.09. The summed E-state index contributed by atoms with van der Waals surface area (Å²) in [5.41, 5.74) is 0.140. The van der Waals surface area contributed by atoms with E-state index >= 15 is 0 Å². The highest BCUT2D eigenvalue weighted by Gasteiger charge is 2.21. The van der Waals surface area contributed by atoms with E-state index in [4.69, 9.17) is 11.6 Å². The fourth-order valence-corrected chi connectivity index (χ4v) is 3.15. The molecule has 21 heavy (non-hydrogen) atoms. The maximum absolute atomic E-state index is 13.7. The first-order valence-corrected chi connectivity index (χ1v) is 7.53. The number of hydrogen-bond donors (Lipinski definition) is 1. The normalized spacial score (nSPS) is 11.7. The van der Waals surface area contributed by atoms with Crippen LogP contribution in [0.1, 0.15) is 0 Å². The molecule has 0 aliphatic carbocycles. The van der Waals surface area contributed by atoms with Crippen molar-refractivity contribution in [2.75, 3.05) is 4.72 Å². The molecule has 0 aliphatic rings. The molecule has 3 rings (SSSR count). The Balaban J connectivity index is 2.06. The fourth-order valence-electron chi connectivity index (χ4n) is 1.77. The van der Waals surface area contributed by atoms with Gasteiger partial charge in [0.15, 0.2) is 5.52 Å². The second-order valence-corrected chi connectivity index (χ2v) is 6.21. The highest BCUT2D eigenvalue weighted by atomic mass is 35.5. The average Bonchev–Trinajstić information content (AvgIpc) is 2.90. The summed E-state index contributed by atoms with van der Waals surface area (Å²) in [6, 6.07) is 7.98. The van der Waals surface area contributed by atoms with Crippen LogP contribution in [-0.4, -0.2) is 18.7 Å². The van der Waals surface area contributed by atoms with Crippen LogP contribution in [0.3, 0.4) is 0 Å². The van der Waals surface area contributed by atoms with Crippen molar-refractivity contribution in [2.45, 2.75) is 4.90 Å². The minimum Gasteiger partial charge on any atom is -0.277 e. The van der Waals surface area contributed by atoms with Crippen LogP contribution in [0.25, 0.3) is 11.0 Å². The second-order valence-electron chi connectivity index (χ2n) is 4.12. The Labute approximate surface area is 123 Å². The van der Waals surface area contributed by atoms with Crippen molar-refractivity contribution < 1.29 is 17.4 Å². The van der Waals surface area contributed by atoms with Crippen LogP contribution in [0.15, 0.2) is 45.9 Å². The molecule has 1 N–H and O–H groups in total. The van der Waals surface area contributed by atoms with Gasteiger partial charge in [-0.05, 0) is 40.6 Å². The molecular weight excluding hydrogens is 321 g/mol. The van der Waals surface area contributed by atoms with Gasteiger partial charge >= 0.3 is 0 Å². The van der Waals surface area contributed by atoms with E-state index in [0.29, 0.717) is 0 Å². The van der Waals surface area contributed by atoms with E-state index in [1.54, 1.807) is 6.07 Å². The number of hydrogen-bond acceptors (Lipinski definition) is 5. The average molecular weight is 328 g/mol. The number of aromatic nitrogens is 2. The summed E-state index contributed by atoms with van der Waals surface area (Å²) >= 11 is 5.62. The Morgan fingerprint density at radius 1 is 1.19 bits per heavy atom. The SMILES string of the molecule is O=S(=O)(Nc1ccc(Cl)cc1F)c1cccc2nonc12. The summed E-state index contributed by atoms with van der Waals surface area (Å²) in [4.78, 5) is -0.157. The third-order valence-corrected chi connectivity index (χ3v) is 4.35. The number of benzene rings is 2. The van der Waals surface area contributed by atoms with Gasteiger partial charge in [-0.15, -0.1) is 0 Å². The molecule has 0 radical (unpaired) electrons. The summed E-state index contributed by atoms with van der Waals surface area (Å²) in [5, 5.41) is 7.27. The monoisotopic (exact) mass is 327 g/mol. The van der Waals surface area contributed by atoms with Gasteiger partial charge in [-0.1, -0.05) is 17.7 Å². The molecule has 1 heterocycles. The van der Waals surface area contributed by atoms with E-state index in [0.717, 1.165) is 6.07 Å². The molecule has 0 bridgehead atoms. The van der Waals surface area contributed by atoms with Crippen molar-refractivity contribution in [3.8, 4) is 0 Å². The fraction of sp³-hybridized carbons (Fsp3) is 0. The third-order valence-electron chi connectivity index (χ3n) is 2.71. The zero-order chi connectivity index (χ0) is 15.0. The number of anilines is 1. The predicted octanol–water partition coefficient (Wildman–Crippen LogP) is 2.82. The van der Waals surface area contributed by atoms with Crippen molar-refractivity contribution in [2.24, 2.45) is 0 Å². The number of sulfonamides is 1. The predicted molar refractivity (Wildman–Crippen MR) is 74.0 cm³/mol. The topological polar surface area (TPSA) is 85.1 Å². The molecule has 0 unspecified atom stereocenters. The highest BCUT2D eigenvalue weighted by Crippen LogP contribution is 2.25. The van der Waals surface area contributed by atoms with Gasteiger partial charge in [0, 0.05) is 5.02 Å². The van der Waals surface area contributed by atoms with Crippen LogP contribution in [0.4, 0.5) is 10.1 Å². The standard InChI is InChI=1S/C12H7ClFN3O3S/c13-7-4-5-9(8(14)6-7)17-21(18,19)11-3-1-2-10-12(11)16-20-15-10/h1-6,17H. The van der Waals surface area contributed by atoms with Gasteiger partial charge in [0.1, 0.15) is 16.2 Å². The van der Waals surface area contributed by atoms with Crippen LogP contribution < -0.4 is 4.72 Å². The minimum absolute atomic E-state index is 0.0689. The molecule has 0 spiro atoms. The van der Waals surface area contributed by atoms with E-state index in [9.17, 15) is 12.8 Å². The van der Waals surface area contributed by atoms with E-state index in [1.165, 1.54) is 24.3 Å². The number of nitrogens with one attached hydrogen (secondary N) is 1.